The van der Waals surface area contributed by atoms with E-state index in [1.165, 1.54) is 0 Å². The van der Waals surface area contributed by atoms with Crippen molar-refractivity contribution >= 4 is 35.0 Å². The Morgan fingerprint density at radius 3 is 2.78 bits per heavy atom. The number of carbonyl (C=O) groups excluding carboxylic acids is 3. The Balaban J connectivity index is 1.73. The highest BCUT2D eigenvalue weighted by Gasteiger charge is 2.19. The molecule has 2 N–H and O–H groups in total. The van der Waals surface area contributed by atoms with Gasteiger partial charge in [-0.05, 0) is 37.5 Å². The lowest BCUT2D eigenvalue weighted by molar-refractivity contribution is -0.136. The fourth-order valence-electron chi connectivity index (χ4n) is 2.41. The molecule has 0 unspecified atom stereocenters. The third-order valence-electron chi connectivity index (χ3n) is 3.78. The smallest absolute Gasteiger partial charge is 0.313 e. The number of carbonyl (C=O) groups is 3. The van der Waals surface area contributed by atoms with Crippen molar-refractivity contribution in [2.75, 3.05) is 25.0 Å². The normalized spacial score (nSPS) is 14.0. The molecule has 1 heterocycles. The van der Waals surface area contributed by atoms with Crippen molar-refractivity contribution in [1.82, 2.24) is 10.2 Å². The molecule has 1 aliphatic rings. The average Bonchev–Trinajstić information content (AvgIpc) is 2.93. The summed E-state index contributed by atoms with van der Waals surface area (Å²) in [5.41, 5.74) is 1.23. The highest BCUT2D eigenvalue weighted by molar-refractivity contribution is 6.40. The summed E-state index contributed by atoms with van der Waals surface area (Å²) in [6, 6.07) is 5.10. The SMILES string of the molecule is Cc1c(Cl)cccc1NC(=O)C(=O)NCCCN1CCCC1=O. The van der Waals surface area contributed by atoms with Crippen molar-refractivity contribution in [3.05, 3.63) is 28.8 Å². The quantitative estimate of drug-likeness (QED) is 0.634. The second-order valence-corrected chi connectivity index (χ2v) is 5.87. The van der Waals surface area contributed by atoms with E-state index in [2.05, 4.69) is 10.6 Å². The zero-order valence-corrected chi connectivity index (χ0v) is 13.8. The molecule has 0 bridgehead atoms. The van der Waals surface area contributed by atoms with E-state index in [1.807, 2.05) is 0 Å². The van der Waals surface area contributed by atoms with Gasteiger partial charge in [0, 0.05) is 36.8 Å². The maximum absolute atomic E-state index is 11.8. The maximum Gasteiger partial charge on any atom is 0.313 e. The summed E-state index contributed by atoms with van der Waals surface area (Å²) < 4.78 is 0. The fourth-order valence-corrected chi connectivity index (χ4v) is 2.59. The first kappa shape index (κ1) is 17.3. The van der Waals surface area contributed by atoms with Crippen molar-refractivity contribution < 1.29 is 14.4 Å². The fraction of sp³-hybridized carbons (Fsp3) is 0.438. The minimum absolute atomic E-state index is 0.158. The van der Waals surface area contributed by atoms with Gasteiger partial charge in [-0.2, -0.15) is 0 Å². The van der Waals surface area contributed by atoms with E-state index >= 15 is 0 Å². The minimum atomic E-state index is -0.729. The van der Waals surface area contributed by atoms with Gasteiger partial charge >= 0.3 is 11.8 Å². The molecule has 1 aromatic rings. The third kappa shape index (κ3) is 4.69. The van der Waals surface area contributed by atoms with Crippen LogP contribution in [0, 0.1) is 6.92 Å². The van der Waals surface area contributed by atoms with Crippen LogP contribution in [0.4, 0.5) is 5.69 Å². The molecule has 3 amide bonds. The van der Waals surface area contributed by atoms with Crippen LogP contribution >= 0.6 is 11.6 Å². The molecular weight excluding hydrogens is 318 g/mol. The molecule has 1 fully saturated rings. The van der Waals surface area contributed by atoms with Gasteiger partial charge in [0.15, 0.2) is 0 Å². The van der Waals surface area contributed by atoms with Gasteiger partial charge in [0.2, 0.25) is 5.91 Å². The first-order valence-electron chi connectivity index (χ1n) is 7.61. The molecule has 6 nitrogen and oxygen atoms in total. The second-order valence-electron chi connectivity index (χ2n) is 5.46. The molecule has 1 aromatic carbocycles. The summed E-state index contributed by atoms with van der Waals surface area (Å²) in [6.07, 6.45) is 2.13. The van der Waals surface area contributed by atoms with E-state index in [0.29, 0.717) is 42.2 Å². The van der Waals surface area contributed by atoms with Crippen LogP contribution in [-0.4, -0.2) is 42.3 Å². The summed E-state index contributed by atoms with van der Waals surface area (Å²) in [5, 5.41) is 5.62. The minimum Gasteiger partial charge on any atom is -0.348 e. The number of halogens is 1. The second kappa shape index (κ2) is 7.97. The van der Waals surface area contributed by atoms with E-state index in [-0.39, 0.29) is 5.91 Å². The number of hydrogen-bond acceptors (Lipinski definition) is 3. The van der Waals surface area contributed by atoms with Crippen molar-refractivity contribution in [2.24, 2.45) is 0 Å². The summed E-state index contributed by atoms with van der Waals surface area (Å²) in [4.78, 5) is 36.8. The molecule has 1 aliphatic heterocycles. The van der Waals surface area contributed by atoms with Crippen molar-refractivity contribution in [2.45, 2.75) is 26.2 Å². The van der Waals surface area contributed by atoms with Gasteiger partial charge in [-0.3, -0.25) is 14.4 Å². The highest BCUT2D eigenvalue weighted by atomic mass is 35.5. The average molecular weight is 338 g/mol. The van der Waals surface area contributed by atoms with E-state index in [4.69, 9.17) is 11.6 Å². The number of hydrogen-bond donors (Lipinski definition) is 2. The summed E-state index contributed by atoms with van der Waals surface area (Å²) in [6.45, 7) is 3.50. The lowest BCUT2D eigenvalue weighted by Gasteiger charge is -2.15. The molecule has 7 heteroatoms. The number of anilines is 1. The summed E-state index contributed by atoms with van der Waals surface area (Å²) >= 11 is 5.97. The molecule has 1 saturated heterocycles. The molecule has 2 rings (SSSR count). The van der Waals surface area contributed by atoms with Gasteiger partial charge in [-0.1, -0.05) is 17.7 Å². The van der Waals surface area contributed by atoms with Crippen molar-refractivity contribution in [3.63, 3.8) is 0 Å². The van der Waals surface area contributed by atoms with Gasteiger partial charge in [-0.15, -0.1) is 0 Å². The third-order valence-corrected chi connectivity index (χ3v) is 4.19. The van der Waals surface area contributed by atoms with Crippen LogP contribution in [0.15, 0.2) is 18.2 Å². The Labute approximate surface area is 140 Å². The monoisotopic (exact) mass is 337 g/mol. The predicted molar refractivity (Wildman–Crippen MR) is 88.3 cm³/mol. The van der Waals surface area contributed by atoms with E-state index in [1.54, 1.807) is 30.0 Å². The van der Waals surface area contributed by atoms with Gasteiger partial charge < -0.3 is 15.5 Å². The molecule has 0 aliphatic carbocycles. The summed E-state index contributed by atoms with van der Waals surface area (Å²) in [7, 11) is 0. The number of nitrogens with one attached hydrogen (secondary N) is 2. The van der Waals surface area contributed by atoms with Crippen LogP contribution in [0.5, 0.6) is 0 Å². The van der Waals surface area contributed by atoms with Gasteiger partial charge in [-0.25, -0.2) is 0 Å². The standard InChI is InChI=1S/C16H20ClN3O3/c1-11-12(17)5-2-6-13(11)19-16(23)15(22)18-8-4-10-20-9-3-7-14(20)21/h2,5-6H,3-4,7-10H2,1H3,(H,18,22)(H,19,23). The lowest BCUT2D eigenvalue weighted by atomic mass is 10.2. The molecule has 0 atom stereocenters. The Bertz CT molecular complexity index is 619. The Hall–Kier alpha value is -2.08. The molecule has 23 heavy (non-hydrogen) atoms. The van der Waals surface area contributed by atoms with Crippen LogP contribution in [0.2, 0.25) is 5.02 Å². The van der Waals surface area contributed by atoms with Crippen LogP contribution in [0.3, 0.4) is 0 Å². The zero-order chi connectivity index (χ0) is 16.8. The predicted octanol–water partition coefficient (Wildman–Crippen LogP) is 1.72. The molecular formula is C16H20ClN3O3. The first-order valence-corrected chi connectivity index (χ1v) is 7.99. The van der Waals surface area contributed by atoms with E-state index < -0.39 is 11.8 Å². The maximum atomic E-state index is 11.8. The van der Waals surface area contributed by atoms with Crippen molar-refractivity contribution in [3.8, 4) is 0 Å². The number of benzene rings is 1. The topological polar surface area (TPSA) is 78.5 Å². The number of rotatable bonds is 5. The zero-order valence-electron chi connectivity index (χ0n) is 13.0. The first-order chi connectivity index (χ1) is 11.0. The molecule has 0 radical (unpaired) electrons. The highest BCUT2D eigenvalue weighted by Crippen LogP contribution is 2.22. The molecule has 124 valence electrons. The van der Waals surface area contributed by atoms with Crippen LogP contribution in [0.25, 0.3) is 0 Å². The van der Waals surface area contributed by atoms with E-state index in [9.17, 15) is 14.4 Å². The number of amides is 3. The van der Waals surface area contributed by atoms with Crippen LogP contribution < -0.4 is 10.6 Å². The Kier molecular flexibility index (Phi) is 5.98. The van der Waals surface area contributed by atoms with Gasteiger partial charge in [0.1, 0.15) is 0 Å². The van der Waals surface area contributed by atoms with Crippen molar-refractivity contribution in [1.29, 1.82) is 0 Å². The number of nitrogens with zero attached hydrogens (tertiary/aromatic N) is 1. The molecule has 0 saturated carbocycles. The lowest BCUT2D eigenvalue weighted by Crippen LogP contribution is -2.37. The van der Waals surface area contributed by atoms with Gasteiger partial charge in [0.05, 0.1) is 0 Å². The number of likely N-dealkylation sites (tertiary alicyclic amines) is 1. The van der Waals surface area contributed by atoms with Gasteiger partial charge in [0.25, 0.3) is 0 Å². The summed E-state index contributed by atoms with van der Waals surface area (Å²) in [5.74, 6) is -1.27. The molecule has 0 spiro atoms. The Morgan fingerprint density at radius 1 is 1.30 bits per heavy atom. The van der Waals surface area contributed by atoms with Crippen LogP contribution in [0.1, 0.15) is 24.8 Å². The van der Waals surface area contributed by atoms with E-state index in [0.717, 1.165) is 13.0 Å². The largest absolute Gasteiger partial charge is 0.348 e. The molecule has 0 aromatic heterocycles. The Morgan fingerprint density at radius 2 is 2.09 bits per heavy atom. The van der Waals surface area contributed by atoms with Crippen LogP contribution in [-0.2, 0) is 14.4 Å².